The van der Waals surface area contributed by atoms with E-state index in [0.717, 1.165) is 39.3 Å². The first kappa shape index (κ1) is 15.7. The second kappa shape index (κ2) is 5.20. The van der Waals surface area contributed by atoms with E-state index in [-0.39, 0.29) is 28.8 Å². The van der Waals surface area contributed by atoms with Crippen molar-refractivity contribution >= 4 is 11.8 Å². The van der Waals surface area contributed by atoms with Gasteiger partial charge in [-0.3, -0.25) is 14.5 Å². The summed E-state index contributed by atoms with van der Waals surface area (Å²) in [6.45, 7) is 12.7. The van der Waals surface area contributed by atoms with Crippen LogP contribution in [0.1, 0.15) is 27.7 Å². The molecule has 1 spiro atoms. The molecule has 1 unspecified atom stereocenters. The summed E-state index contributed by atoms with van der Waals surface area (Å²) in [6.07, 6.45) is 0. The highest BCUT2D eigenvalue weighted by atomic mass is 16.5. The molecule has 0 aromatic heterocycles. The van der Waals surface area contributed by atoms with Crippen molar-refractivity contribution in [2.45, 2.75) is 39.3 Å². The number of carbonyl (C=O) groups is 2. The van der Waals surface area contributed by atoms with E-state index in [4.69, 9.17) is 4.74 Å². The Morgan fingerprint density at radius 1 is 1.14 bits per heavy atom. The van der Waals surface area contributed by atoms with Crippen molar-refractivity contribution in [3.63, 3.8) is 0 Å². The molecule has 3 rings (SSSR count). The zero-order valence-electron chi connectivity index (χ0n) is 14.1. The van der Waals surface area contributed by atoms with Crippen molar-refractivity contribution in [3.05, 3.63) is 0 Å². The lowest BCUT2D eigenvalue weighted by atomic mass is 9.80. The van der Waals surface area contributed by atoms with Gasteiger partial charge in [0.15, 0.2) is 0 Å². The fraction of sp³-hybridized carbons (Fsp3) is 0.875. The molecule has 3 aliphatic rings. The quantitative estimate of drug-likeness (QED) is 0.640. The molecule has 22 heavy (non-hydrogen) atoms. The highest BCUT2D eigenvalue weighted by Crippen LogP contribution is 2.37. The minimum Gasteiger partial charge on any atom is -0.378 e. The highest BCUT2D eigenvalue weighted by molar-refractivity contribution is 5.83. The van der Waals surface area contributed by atoms with E-state index < -0.39 is 0 Å². The molecular formula is C16H27N3O3. The van der Waals surface area contributed by atoms with Crippen molar-refractivity contribution in [1.82, 2.24) is 14.7 Å². The first-order valence-corrected chi connectivity index (χ1v) is 8.12. The van der Waals surface area contributed by atoms with Crippen molar-refractivity contribution in [1.29, 1.82) is 0 Å². The Bertz CT molecular complexity index is 480. The third-order valence-corrected chi connectivity index (χ3v) is 5.10. The summed E-state index contributed by atoms with van der Waals surface area (Å²) >= 11 is 0. The van der Waals surface area contributed by atoms with Crippen LogP contribution in [0.25, 0.3) is 0 Å². The van der Waals surface area contributed by atoms with Crippen LogP contribution in [0.5, 0.6) is 0 Å². The summed E-state index contributed by atoms with van der Waals surface area (Å²) in [7, 11) is 0. The normalized spacial score (nSPS) is 28.3. The van der Waals surface area contributed by atoms with Crippen LogP contribution < -0.4 is 0 Å². The zero-order valence-corrected chi connectivity index (χ0v) is 14.1. The van der Waals surface area contributed by atoms with Crippen LogP contribution >= 0.6 is 0 Å². The van der Waals surface area contributed by atoms with Crippen LogP contribution in [0.15, 0.2) is 0 Å². The maximum Gasteiger partial charge on any atom is 0.228 e. The van der Waals surface area contributed by atoms with E-state index >= 15 is 0 Å². The molecule has 0 aromatic rings. The van der Waals surface area contributed by atoms with E-state index in [1.807, 2.05) is 30.6 Å². The third kappa shape index (κ3) is 2.52. The summed E-state index contributed by atoms with van der Waals surface area (Å²) in [6, 6.07) is 0.262. The molecule has 6 nitrogen and oxygen atoms in total. The van der Waals surface area contributed by atoms with Gasteiger partial charge in [0.2, 0.25) is 11.8 Å². The SMILES string of the molecule is CC(=O)N1CC2COCCN2C2(C1)CN(C(=O)C(C)(C)C)C2. The van der Waals surface area contributed by atoms with Gasteiger partial charge in [-0.2, -0.15) is 0 Å². The Morgan fingerprint density at radius 2 is 1.77 bits per heavy atom. The van der Waals surface area contributed by atoms with Crippen molar-refractivity contribution < 1.29 is 14.3 Å². The summed E-state index contributed by atoms with van der Waals surface area (Å²) < 4.78 is 5.60. The van der Waals surface area contributed by atoms with E-state index in [1.165, 1.54) is 0 Å². The van der Waals surface area contributed by atoms with Crippen LogP contribution in [-0.2, 0) is 14.3 Å². The maximum atomic E-state index is 12.5. The lowest BCUT2D eigenvalue weighted by molar-refractivity contribution is -0.184. The van der Waals surface area contributed by atoms with Gasteiger partial charge in [-0.15, -0.1) is 0 Å². The average Bonchev–Trinajstić information content (AvgIpc) is 2.41. The van der Waals surface area contributed by atoms with Gasteiger partial charge in [0.05, 0.1) is 24.8 Å². The average molecular weight is 309 g/mol. The van der Waals surface area contributed by atoms with E-state index in [2.05, 4.69) is 4.90 Å². The zero-order chi connectivity index (χ0) is 16.1. The van der Waals surface area contributed by atoms with Crippen molar-refractivity contribution in [3.8, 4) is 0 Å². The van der Waals surface area contributed by atoms with Gasteiger partial charge in [-0.25, -0.2) is 0 Å². The van der Waals surface area contributed by atoms with Crippen LogP contribution in [0, 0.1) is 5.41 Å². The van der Waals surface area contributed by atoms with Gasteiger partial charge in [0.25, 0.3) is 0 Å². The number of likely N-dealkylation sites (tertiary alicyclic amines) is 1. The predicted octanol–water partition coefficient (Wildman–Crippen LogP) is 0.176. The predicted molar refractivity (Wildman–Crippen MR) is 82.3 cm³/mol. The van der Waals surface area contributed by atoms with Crippen LogP contribution in [0.2, 0.25) is 0 Å². The van der Waals surface area contributed by atoms with Gasteiger partial charge >= 0.3 is 0 Å². The molecule has 6 heteroatoms. The van der Waals surface area contributed by atoms with Gasteiger partial charge < -0.3 is 14.5 Å². The number of morpholine rings is 1. The Balaban J connectivity index is 1.76. The number of fused-ring (bicyclic) bond motifs is 2. The number of carbonyl (C=O) groups excluding carboxylic acids is 2. The van der Waals surface area contributed by atoms with Crippen LogP contribution in [-0.4, -0.2) is 84.0 Å². The minimum atomic E-state index is -0.346. The molecule has 0 aliphatic carbocycles. The second-order valence-electron chi connectivity index (χ2n) is 7.96. The lowest BCUT2D eigenvalue weighted by Crippen LogP contribution is -2.81. The number of nitrogens with zero attached hydrogens (tertiary/aromatic N) is 3. The summed E-state index contributed by atoms with van der Waals surface area (Å²) in [5.41, 5.74) is -0.416. The number of rotatable bonds is 0. The topological polar surface area (TPSA) is 53.1 Å². The smallest absolute Gasteiger partial charge is 0.228 e. The van der Waals surface area contributed by atoms with E-state index in [1.54, 1.807) is 6.92 Å². The molecule has 3 aliphatic heterocycles. The largest absolute Gasteiger partial charge is 0.378 e. The molecule has 0 aromatic carbocycles. The Labute approximate surface area is 132 Å². The molecule has 0 radical (unpaired) electrons. The molecular weight excluding hydrogens is 282 g/mol. The maximum absolute atomic E-state index is 12.5. The summed E-state index contributed by atoms with van der Waals surface area (Å²) in [4.78, 5) is 30.7. The molecule has 3 heterocycles. The molecule has 3 saturated heterocycles. The first-order chi connectivity index (χ1) is 10.2. The summed E-state index contributed by atoms with van der Waals surface area (Å²) in [5.74, 6) is 0.313. The minimum absolute atomic E-state index is 0.0702. The van der Waals surface area contributed by atoms with Crippen LogP contribution in [0.4, 0.5) is 0 Å². The Kier molecular flexibility index (Phi) is 3.72. The van der Waals surface area contributed by atoms with E-state index in [0.29, 0.717) is 6.61 Å². The summed E-state index contributed by atoms with van der Waals surface area (Å²) in [5, 5.41) is 0. The molecule has 2 amide bonds. The Hall–Kier alpha value is -1.14. The van der Waals surface area contributed by atoms with Crippen molar-refractivity contribution in [2.75, 3.05) is 45.9 Å². The van der Waals surface area contributed by atoms with E-state index in [9.17, 15) is 9.59 Å². The second-order valence-corrected chi connectivity index (χ2v) is 7.96. The van der Waals surface area contributed by atoms with Crippen molar-refractivity contribution in [2.24, 2.45) is 5.41 Å². The fourth-order valence-corrected chi connectivity index (χ4v) is 4.00. The fourth-order valence-electron chi connectivity index (χ4n) is 4.00. The molecule has 124 valence electrons. The molecule has 3 fully saturated rings. The monoisotopic (exact) mass is 309 g/mol. The first-order valence-electron chi connectivity index (χ1n) is 8.12. The number of ether oxygens (including phenoxy) is 1. The standard InChI is InChI=1S/C16H27N3O3/c1-12(20)17-7-13-8-22-6-5-19(13)16(9-17)10-18(11-16)14(21)15(2,3)4/h13H,5-11H2,1-4H3. The molecule has 1 atom stereocenters. The molecule has 0 bridgehead atoms. The highest BCUT2D eigenvalue weighted by Gasteiger charge is 2.56. The third-order valence-electron chi connectivity index (χ3n) is 5.10. The molecule has 0 N–H and O–H groups in total. The number of piperazine rings is 1. The Morgan fingerprint density at radius 3 is 2.36 bits per heavy atom. The van der Waals surface area contributed by atoms with Gasteiger partial charge in [0, 0.05) is 45.1 Å². The van der Waals surface area contributed by atoms with Gasteiger partial charge in [0.1, 0.15) is 0 Å². The number of hydrogen-bond donors (Lipinski definition) is 0. The van der Waals surface area contributed by atoms with Crippen LogP contribution in [0.3, 0.4) is 0 Å². The molecule has 0 saturated carbocycles. The number of amides is 2. The van der Waals surface area contributed by atoms with Gasteiger partial charge in [-0.1, -0.05) is 20.8 Å². The lowest BCUT2D eigenvalue weighted by Gasteiger charge is -2.63. The van der Waals surface area contributed by atoms with Gasteiger partial charge in [-0.05, 0) is 0 Å². The number of hydrogen-bond acceptors (Lipinski definition) is 4.